The van der Waals surface area contributed by atoms with Gasteiger partial charge in [-0.2, -0.15) is 0 Å². The van der Waals surface area contributed by atoms with Gasteiger partial charge in [0.25, 0.3) is 0 Å². The Labute approximate surface area is 160 Å². The summed E-state index contributed by atoms with van der Waals surface area (Å²) in [4.78, 5) is 18.4. The zero-order chi connectivity index (χ0) is 18.3. The highest BCUT2D eigenvalue weighted by Gasteiger charge is 2.47. The molecular weight excluding hydrogens is 394 g/mol. The zero-order valence-corrected chi connectivity index (χ0v) is 16.1. The normalized spacial score (nSPS) is 20.0. The second-order valence-corrected chi connectivity index (χ2v) is 7.81. The number of carboxylic acid groups (broad SMARTS) is 1. The Morgan fingerprint density at radius 3 is 2.81 bits per heavy atom. The monoisotopic (exact) mass is 413 g/mol. The molecule has 0 radical (unpaired) electrons. The maximum atomic E-state index is 12.0. The second-order valence-electron chi connectivity index (χ2n) is 6.95. The quantitative estimate of drug-likeness (QED) is 0.681. The number of hydrogen-bond acceptors (Lipinski definition) is 2. The third kappa shape index (κ3) is 2.78. The van der Waals surface area contributed by atoms with Crippen LogP contribution >= 0.6 is 15.9 Å². The number of aryl methyl sites for hydroxylation is 1. The third-order valence-corrected chi connectivity index (χ3v) is 5.76. The number of pyridine rings is 1. The standard InChI is InChI=1S/C20H20BrN3O2/c1-14-10-16(21)18-22-17(13-23(18)12-14)20(8-5-9-24(20)19(25)26)11-15-6-3-2-4-7-15/h2-4,6-7,10,12-13H,5,8-9,11H2,1H3,(H,25,26)/t20-/m0/s1. The Kier molecular flexibility index (Phi) is 4.23. The van der Waals surface area contributed by atoms with Gasteiger partial charge >= 0.3 is 6.09 Å². The first-order chi connectivity index (χ1) is 12.5. The van der Waals surface area contributed by atoms with E-state index in [0.717, 1.165) is 39.8 Å². The molecule has 0 spiro atoms. The molecule has 1 fully saturated rings. The van der Waals surface area contributed by atoms with E-state index in [4.69, 9.17) is 4.98 Å². The van der Waals surface area contributed by atoms with Crippen molar-refractivity contribution in [3.8, 4) is 0 Å². The molecule has 1 aromatic carbocycles. The summed E-state index contributed by atoms with van der Waals surface area (Å²) in [5.41, 5.74) is 3.23. The molecule has 1 aliphatic heterocycles. The van der Waals surface area contributed by atoms with Crippen LogP contribution in [0.1, 0.15) is 29.7 Å². The lowest BCUT2D eigenvalue weighted by molar-refractivity contribution is 0.0985. The van der Waals surface area contributed by atoms with Gasteiger partial charge in [0, 0.05) is 25.4 Å². The number of imidazole rings is 1. The van der Waals surface area contributed by atoms with Crippen molar-refractivity contribution in [1.29, 1.82) is 0 Å². The van der Waals surface area contributed by atoms with Gasteiger partial charge in [-0.25, -0.2) is 9.78 Å². The molecule has 6 heteroatoms. The molecule has 4 rings (SSSR count). The lowest BCUT2D eigenvalue weighted by Crippen LogP contribution is -2.46. The van der Waals surface area contributed by atoms with Crippen LogP contribution in [0, 0.1) is 6.92 Å². The number of likely N-dealkylation sites (tertiary alicyclic amines) is 1. The summed E-state index contributed by atoms with van der Waals surface area (Å²) < 4.78 is 2.90. The summed E-state index contributed by atoms with van der Waals surface area (Å²) in [6.07, 6.45) is 5.36. The number of rotatable bonds is 3. The number of benzene rings is 1. The van der Waals surface area contributed by atoms with Gasteiger partial charge in [-0.15, -0.1) is 0 Å². The van der Waals surface area contributed by atoms with Crippen molar-refractivity contribution in [3.63, 3.8) is 0 Å². The Hall–Kier alpha value is -2.34. The molecule has 1 amide bonds. The van der Waals surface area contributed by atoms with Crippen LogP contribution in [0.2, 0.25) is 0 Å². The van der Waals surface area contributed by atoms with Gasteiger partial charge in [-0.3, -0.25) is 4.90 Å². The topological polar surface area (TPSA) is 57.8 Å². The van der Waals surface area contributed by atoms with Crippen molar-refractivity contribution in [2.24, 2.45) is 0 Å². The predicted octanol–water partition coefficient (Wildman–Crippen LogP) is 4.62. The van der Waals surface area contributed by atoms with Gasteiger partial charge in [0.05, 0.1) is 15.7 Å². The van der Waals surface area contributed by atoms with Crippen LogP contribution in [0.15, 0.2) is 53.3 Å². The third-order valence-electron chi connectivity index (χ3n) is 5.18. The number of carbonyl (C=O) groups is 1. The highest BCUT2D eigenvalue weighted by Crippen LogP contribution is 2.42. The number of amides is 1. The Balaban J connectivity index is 1.88. The van der Waals surface area contributed by atoms with Gasteiger partial charge in [-0.05, 0) is 52.9 Å². The van der Waals surface area contributed by atoms with Gasteiger partial charge in [0.2, 0.25) is 0 Å². The first kappa shape index (κ1) is 17.1. The number of fused-ring (bicyclic) bond motifs is 1. The minimum Gasteiger partial charge on any atom is -0.465 e. The second kappa shape index (κ2) is 6.43. The van der Waals surface area contributed by atoms with Gasteiger partial charge < -0.3 is 9.51 Å². The van der Waals surface area contributed by atoms with Crippen LogP contribution < -0.4 is 0 Å². The summed E-state index contributed by atoms with van der Waals surface area (Å²) >= 11 is 3.58. The fourth-order valence-corrected chi connectivity index (χ4v) is 4.70. The molecular formula is C20H20BrN3O2. The van der Waals surface area contributed by atoms with Crippen LogP contribution in [-0.4, -0.2) is 32.0 Å². The largest absolute Gasteiger partial charge is 0.465 e. The molecule has 26 heavy (non-hydrogen) atoms. The minimum atomic E-state index is -0.884. The van der Waals surface area contributed by atoms with Crippen molar-refractivity contribution in [3.05, 3.63) is 70.1 Å². The van der Waals surface area contributed by atoms with Crippen molar-refractivity contribution < 1.29 is 9.90 Å². The molecule has 0 bridgehead atoms. The number of nitrogens with zero attached hydrogens (tertiary/aromatic N) is 3. The molecule has 0 saturated carbocycles. The van der Waals surface area contributed by atoms with Crippen LogP contribution in [0.25, 0.3) is 5.65 Å². The summed E-state index contributed by atoms with van der Waals surface area (Å²) in [5.74, 6) is 0. The molecule has 3 aromatic rings. The average Bonchev–Trinajstić information content (AvgIpc) is 3.21. The predicted molar refractivity (Wildman–Crippen MR) is 103 cm³/mol. The van der Waals surface area contributed by atoms with E-state index in [1.54, 1.807) is 4.90 Å². The van der Waals surface area contributed by atoms with E-state index in [0.29, 0.717) is 13.0 Å². The van der Waals surface area contributed by atoms with E-state index in [-0.39, 0.29) is 0 Å². The van der Waals surface area contributed by atoms with E-state index in [1.807, 2.05) is 48.0 Å². The first-order valence-corrected chi connectivity index (χ1v) is 9.49. The summed E-state index contributed by atoms with van der Waals surface area (Å²) in [6, 6.07) is 12.1. The van der Waals surface area contributed by atoms with Crippen molar-refractivity contribution in [1.82, 2.24) is 14.3 Å². The van der Waals surface area contributed by atoms with Gasteiger partial charge in [0.1, 0.15) is 0 Å². The van der Waals surface area contributed by atoms with Gasteiger partial charge in [0.15, 0.2) is 5.65 Å². The molecule has 0 aliphatic carbocycles. The molecule has 1 N–H and O–H groups in total. The maximum Gasteiger partial charge on any atom is 0.408 e. The molecule has 3 heterocycles. The van der Waals surface area contributed by atoms with Crippen molar-refractivity contribution in [2.75, 3.05) is 6.54 Å². The van der Waals surface area contributed by atoms with E-state index >= 15 is 0 Å². The number of hydrogen-bond donors (Lipinski definition) is 1. The van der Waals surface area contributed by atoms with Crippen molar-refractivity contribution in [2.45, 2.75) is 31.7 Å². The van der Waals surface area contributed by atoms with Crippen LogP contribution in [0.3, 0.4) is 0 Å². The molecule has 134 valence electrons. The van der Waals surface area contributed by atoms with Crippen LogP contribution in [0.5, 0.6) is 0 Å². The van der Waals surface area contributed by atoms with E-state index < -0.39 is 11.6 Å². The minimum absolute atomic E-state index is 0.538. The van der Waals surface area contributed by atoms with E-state index in [1.165, 1.54) is 0 Å². The zero-order valence-electron chi connectivity index (χ0n) is 14.5. The van der Waals surface area contributed by atoms with Crippen LogP contribution in [-0.2, 0) is 12.0 Å². The first-order valence-electron chi connectivity index (χ1n) is 8.69. The average molecular weight is 414 g/mol. The highest BCUT2D eigenvalue weighted by atomic mass is 79.9. The molecule has 0 unspecified atom stereocenters. The highest BCUT2D eigenvalue weighted by molar-refractivity contribution is 9.10. The lowest BCUT2D eigenvalue weighted by Gasteiger charge is -2.35. The summed E-state index contributed by atoms with van der Waals surface area (Å²) in [5, 5.41) is 9.84. The van der Waals surface area contributed by atoms with Crippen LogP contribution in [0.4, 0.5) is 4.79 Å². The Morgan fingerprint density at radius 2 is 2.08 bits per heavy atom. The smallest absolute Gasteiger partial charge is 0.408 e. The molecule has 1 aliphatic rings. The fourth-order valence-electron chi connectivity index (χ4n) is 4.05. The number of halogens is 1. The summed E-state index contributed by atoms with van der Waals surface area (Å²) in [7, 11) is 0. The van der Waals surface area contributed by atoms with E-state index in [9.17, 15) is 9.90 Å². The molecule has 2 aromatic heterocycles. The molecule has 1 atom stereocenters. The van der Waals surface area contributed by atoms with Crippen molar-refractivity contribution >= 4 is 27.7 Å². The Morgan fingerprint density at radius 1 is 1.31 bits per heavy atom. The SMILES string of the molecule is Cc1cc(Br)c2nc([C@@]3(Cc4ccccc4)CCCN3C(=O)O)cn2c1. The fraction of sp³-hybridized carbons (Fsp3) is 0.300. The molecule has 1 saturated heterocycles. The maximum absolute atomic E-state index is 12.0. The molecule has 5 nitrogen and oxygen atoms in total. The Bertz CT molecular complexity index is 970. The summed E-state index contributed by atoms with van der Waals surface area (Å²) in [6.45, 7) is 2.57. The van der Waals surface area contributed by atoms with E-state index in [2.05, 4.69) is 28.1 Å². The lowest BCUT2D eigenvalue weighted by atomic mass is 9.85. The van der Waals surface area contributed by atoms with Gasteiger partial charge in [-0.1, -0.05) is 30.3 Å². The number of aromatic nitrogens is 2.